The first-order valence-corrected chi connectivity index (χ1v) is 7.56. The summed E-state index contributed by atoms with van der Waals surface area (Å²) in [5.41, 5.74) is 2.27. The van der Waals surface area contributed by atoms with E-state index in [4.69, 9.17) is 4.42 Å². The zero-order valence-electron chi connectivity index (χ0n) is 12.5. The molecule has 1 aliphatic carbocycles. The summed E-state index contributed by atoms with van der Waals surface area (Å²) in [5.74, 6) is 0.508. The summed E-state index contributed by atoms with van der Waals surface area (Å²) in [4.78, 5) is 23.8. The molecule has 3 N–H and O–H groups in total. The Hall–Kier alpha value is -2.60. The standard InChI is InChI=1S/C17H18N2O4/c20-14-4-1-3-11-6-7-12(9-13(11)14)19-17(22)18-10-15(21)16-5-2-8-23-16/h2,5-9,15,21H,1,3-4,10H2,(H2,18,19,22). The minimum Gasteiger partial charge on any atom is -0.467 e. The molecule has 0 saturated carbocycles. The maximum absolute atomic E-state index is 11.9. The molecular formula is C17H18N2O4. The number of rotatable bonds is 4. The molecule has 6 heteroatoms. The van der Waals surface area contributed by atoms with Crippen LogP contribution in [0.1, 0.15) is 40.6 Å². The Balaban J connectivity index is 1.58. The highest BCUT2D eigenvalue weighted by atomic mass is 16.4. The van der Waals surface area contributed by atoms with Gasteiger partial charge in [-0.3, -0.25) is 4.79 Å². The van der Waals surface area contributed by atoms with Gasteiger partial charge in [0.15, 0.2) is 5.78 Å². The normalized spacial score (nSPS) is 14.9. The van der Waals surface area contributed by atoms with Crippen LogP contribution < -0.4 is 10.6 Å². The second kappa shape index (κ2) is 6.66. The average molecular weight is 314 g/mol. The number of amides is 2. The summed E-state index contributed by atoms with van der Waals surface area (Å²) in [7, 11) is 0. The van der Waals surface area contributed by atoms with Crippen molar-refractivity contribution >= 4 is 17.5 Å². The molecule has 120 valence electrons. The minimum absolute atomic E-state index is 0.0310. The maximum atomic E-state index is 11.9. The number of benzene rings is 1. The van der Waals surface area contributed by atoms with E-state index in [1.54, 1.807) is 24.3 Å². The Morgan fingerprint density at radius 1 is 1.30 bits per heavy atom. The third kappa shape index (κ3) is 3.60. The van der Waals surface area contributed by atoms with Gasteiger partial charge in [0.2, 0.25) is 0 Å². The fraction of sp³-hybridized carbons (Fsp3) is 0.294. The molecule has 1 aromatic carbocycles. The average Bonchev–Trinajstić information content (AvgIpc) is 3.08. The van der Waals surface area contributed by atoms with Crippen LogP contribution in [0, 0.1) is 0 Å². The van der Waals surface area contributed by atoms with E-state index in [0.29, 0.717) is 23.4 Å². The van der Waals surface area contributed by atoms with Crippen molar-refractivity contribution in [1.29, 1.82) is 0 Å². The topological polar surface area (TPSA) is 91.6 Å². The van der Waals surface area contributed by atoms with Crippen LogP contribution in [0.15, 0.2) is 41.0 Å². The van der Waals surface area contributed by atoms with Crippen molar-refractivity contribution in [3.05, 3.63) is 53.5 Å². The van der Waals surface area contributed by atoms with E-state index in [0.717, 1.165) is 18.4 Å². The molecule has 3 rings (SSSR count). The first kappa shape index (κ1) is 15.3. The third-order valence-corrected chi connectivity index (χ3v) is 3.85. The number of ketones is 1. The lowest BCUT2D eigenvalue weighted by molar-refractivity contribution is 0.0972. The Bertz CT molecular complexity index is 709. The molecule has 0 saturated heterocycles. The smallest absolute Gasteiger partial charge is 0.319 e. The highest BCUT2D eigenvalue weighted by molar-refractivity contribution is 6.00. The summed E-state index contributed by atoms with van der Waals surface area (Å²) < 4.78 is 5.06. The molecule has 1 atom stereocenters. The van der Waals surface area contributed by atoms with Gasteiger partial charge < -0.3 is 20.2 Å². The molecule has 1 aliphatic rings. The van der Waals surface area contributed by atoms with Crippen molar-refractivity contribution in [3.63, 3.8) is 0 Å². The number of aliphatic hydroxyl groups excluding tert-OH is 1. The van der Waals surface area contributed by atoms with Crippen molar-refractivity contribution in [3.8, 4) is 0 Å². The number of aryl methyl sites for hydroxylation is 1. The number of hydrogen-bond acceptors (Lipinski definition) is 4. The van der Waals surface area contributed by atoms with Crippen LogP contribution >= 0.6 is 0 Å². The number of fused-ring (bicyclic) bond motifs is 1. The summed E-state index contributed by atoms with van der Waals surface area (Å²) in [5, 5.41) is 15.1. The van der Waals surface area contributed by atoms with Crippen molar-refractivity contribution < 1.29 is 19.1 Å². The monoisotopic (exact) mass is 314 g/mol. The van der Waals surface area contributed by atoms with Gasteiger partial charge in [-0.05, 0) is 42.7 Å². The number of anilines is 1. The summed E-state index contributed by atoms with van der Waals surface area (Å²) >= 11 is 0. The Labute approximate surface area is 133 Å². The SMILES string of the molecule is O=C(NCC(O)c1ccco1)Nc1ccc2c(c1)C(=O)CCC2. The van der Waals surface area contributed by atoms with Gasteiger partial charge in [-0.15, -0.1) is 0 Å². The van der Waals surface area contributed by atoms with Crippen LogP contribution in [0.4, 0.5) is 10.5 Å². The maximum Gasteiger partial charge on any atom is 0.319 e. The second-order valence-corrected chi connectivity index (χ2v) is 5.51. The Kier molecular flexibility index (Phi) is 4.43. The second-order valence-electron chi connectivity index (χ2n) is 5.51. The summed E-state index contributed by atoms with van der Waals surface area (Å²) in [6.07, 6.45) is 2.88. The molecule has 1 aromatic heterocycles. The predicted octanol–water partition coefficient (Wildman–Crippen LogP) is 2.65. The number of carbonyl (C=O) groups excluding carboxylic acids is 2. The van der Waals surface area contributed by atoms with Gasteiger partial charge in [-0.25, -0.2) is 4.79 Å². The summed E-state index contributed by atoms with van der Waals surface area (Å²) in [6.45, 7) is 0.0310. The van der Waals surface area contributed by atoms with Gasteiger partial charge in [0, 0.05) is 17.7 Å². The van der Waals surface area contributed by atoms with Crippen LogP contribution in [0.2, 0.25) is 0 Å². The first-order chi connectivity index (χ1) is 11.1. The lowest BCUT2D eigenvalue weighted by Gasteiger charge is -2.16. The van der Waals surface area contributed by atoms with Crippen LogP contribution in [0.5, 0.6) is 0 Å². The fourth-order valence-electron chi connectivity index (χ4n) is 2.65. The highest BCUT2D eigenvalue weighted by Gasteiger charge is 2.18. The molecule has 0 fully saturated rings. The zero-order valence-corrected chi connectivity index (χ0v) is 12.5. The molecule has 2 aromatic rings. The molecule has 0 spiro atoms. The van der Waals surface area contributed by atoms with E-state index in [2.05, 4.69) is 10.6 Å². The van der Waals surface area contributed by atoms with E-state index in [9.17, 15) is 14.7 Å². The van der Waals surface area contributed by atoms with Gasteiger partial charge in [-0.2, -0.15) is 0 Å². The van der Waals surface area contributed by atoms with Gasteiger partial charge in [0.1, 0.15) is 11.9 Å². The molecular weight excluding hydrogens is 296 g/mol. The van der Waals surface area contributed by atoms with Crippen LogP contribution in [-0.2, 0) is 6.42 Å². The third-order valence-electron chi connectivity index (χ3n) is 3.85. The molecule has 6 nitrogen and oxygen atoms in total. The molecule has 1 unspecified atom stereocenters. The number of Topliss-reactive ketones (excluding diaryl/α,β-unsaturated/α-hetero) is 1. The Morgan fingerprint density at radius 3 is 2.96 bits per heavy atom. The first-order valence-electron chi connectivity index (χ1n) is 7.56. The number of carbonyl (C=O) groups is 2. The van der Waals surface area contributed by atoms with Crippen LogP contribution in [0.3, 0.4) is 0 Å². The van der Waals surface area contributed by atoms with Crippen molar-refractivity contribution in [1.82, 2.24) is 5.32 Å². The van der Waals surface area contributed by atoms with Crippen LogP contribution in [-0.4, -0.2) is 23.5 Å². The summed E-state index contributed by atoms with van der Waals surface area (Å²) in [6, 6.07) is 8.22. The molecule has 2 amide bonds. The van der Waals surface area contributed by atoms with Gasteiger partial charge in [-0.1, -0.05) is 6.07 Å². The van der Waals surface area contributed by atoms with Gasteiger partial charge >= 0.3 is 6.03 Å². The van der Waals surface area contributed by atoms with Gasteiger partial charge in [0.25, 0.3) is 0 Å². The number of urea groups is 1. The molecule has 0 aliphatic heterocycles. The van der Waals surface area contributed by atoms with Crippen molar-refractivity contribution in [2.75, 3.05) is 11.9 Å². The number of hydrogen-bond donors (Lipinski definition) is 3. The van der Waals surface area contributed by atoms with E-state index in [-0.39, 0.29) is 12.3 Å². The van der Waals surface area contributed by atoms with E-state index in [1.807, 2.05) is 6.07 Å². The fourth-order valence-corrected chi connectivity index (χ4v) is 2.65. The lowest BCUT2D eigenvalue weighted by Crippen LogP contribution is -2.32. The number of nitrogens with one attached hydrogen (secondary N) is 2. The quantitative estimate of drug-likeness (QED) is 0.809. The molecule has 0 bridgehead atoms. The largest absolute Gasteiger partial charge is 0.467 e. The highest BCUT2D eigenvalue weighted by Crippen LogP contribution is 2.24. The van der Waals surface area contributed by atoms with E-state index in [1.165, 1.54) is 6.26 Å². The number of aliphatic hydroxyl groups is 1. The molecule has 0 radical (unpaired) electrons. The van der Waals surface area contributed by atoms with E-state index >= 15 is 0 Å². The molecule has 23 heavy (non-hydrogen) atoms. The minimum atomic E-state index is -0.902. The van der Waals surface area contributed by atoms with Gasteiger partial charge in [0.05, 0.1) is 12.8 Å². The lowest BCUT2D eigenvalue weighted by atomic mass is 9.90. The Morgan fingerprint density at radius 2 is 2.17 bits per heavy atom. The number of furan rings is 1. The predicted molar refractivity (Wildman–Crippen MR) is 84.4 cm³/mol. The van der Waals surface area contributed by atoms with Crippen molar-refractivity contribution in [2.45, 2.75) is 25.4 Å². The van der Waals surface area contributed by atoms with E-state index < -0.39 is 12.1 Å². The zero-order chi connectivity index (χ0) is 16.2. The van der Waals surface area contributed by atoms with Crippen LogP contribution in [0.25, 0.3) is 0 Å². The van der Waals surface area contributed by atoms with Crippen molar-refractivity contribution in [2.24, 2.45) is 0 Å². The molecule has 1 heterocycles.